The Balaban J connectivity index is 2.43. The summed E-state index contributed by atoms with van der Waals surface area (Å²) in [7, 11) is 0. The van der Waals surface area contributed by atoms with E-state index in [9.17, 15) is 0 Å². The lowest BCUT2D eigenvalue weighted by molar-refractivity contribution is 0.282. The Morgan fingerprint density at radius 1 is 0.867 bits per heavy atom. The molecule has 0 N–H and O–H groups in total. The van der Waals surface area contributed by atoms with Crippen molar-refractivity contribution in [2.45, 2.75) is 41.3 Å². The number of aromatic nitrogens is 2. The van der Waals surface area contributed by atoms with E-state index in [0.29, 0.717) is 18.9 Å². The second-order valence-electron chi connectivity index (χ2n) is 6.56. The monoisotopic (exact) mass is 531 g/mol. The molecule has 0 saturated carbocycles. The van der Waals surface area contributed by atoms with Crippen LogP contribution < -0.4 is 4.74 Å². The van der Waals surface area contributed by atoms with Crippen LogP contribution in [0.4, 0.5) is 0 Å². The maximum absolute atomic E-state index is 6.01. The molecule has 0 bridgehead atoms. The molecule has 0 aliphatic carbocycles. The van der Waals surface area contributed by atoms with Crippen molar-refractivity contribution in [2.24, 2.45) is 0 Å². The maximum Gasteiger partial charge on any atom is 0.232 e. The van der Waals surface area contributed by atoms with Crippen molar-refractivity contribution >= 4 is 69.6 Å². The Bertz CT molecular complexity index is 815. The maximum atomic E-state index is 6.01. The molecular weight excluding hydrogens is 511 g/mol. The van der Waals surface area contributed by atoms with Crippen molar-refractivity contribution < 1.29 is 4.74 Å². The quantitative estimate of drug-likeness (QED) is 0.344. The minimum atomic E-state index is -1.77. The van der Waals surface area contributed by atoms with Crippen molar-refractivity contribution in [3.8, 4) is 5.75 Å². The molecule has 4 nitrogen and oxygen atoms in total. The summed E-state index contributed by atoms with van der Waals surface area (Å²) >= 11 is 36.1. The molecule has 2 rings (SSSR count). The molecule has 1 aromatic carbocycles. The number of hydrogen-bond donors (Lipinski definition) is 0. The zero-order chi connectivity index (χ0) is 22.5. The molecule has 0 aliphatic rings. The predicted molar refractivity (Wildman–Crippen MR) is 128 cm³/mol. The number of ether oxygens (including phenoxy) is 1. The van der Waals surface area contributed by atoms with Gasteiger partial charge in [-0.2, -0.15) is 0 Å². The molecule has 1 aromatic heterocycles. The Hall–Kier alpha value is -0.200. The molecule has 1 heterocycles. The van der Waals surface area contributed by atoms with E-state index in [1.54, 1.807) is 0 Å². The summed E-state index contributed by atoms with van der Waals surface area (Å²) in [5.41, 5.74) is 2.34. The van der Waals surface area contributed by atoms with Crippen LogP contribution in [0.3, 0.4) is 0 Å². The average Bonchev–Trinajstić information content (AvgIpc) is 2.66. The molecule has 0 atom stereocenters. The molecule has 2 aromatic rings. The molecule has 0 spiro atoms. The Kier molecular flexibility index (Phi) is 9.63. The third-order valence-electron chi connectivity index (χ3n) is 4.43. The second-order valence-corrected chi connectivity index (χ2v) is 11.1. The van der Waals surface area contributed by atoms with Gasteiger partial charge in [0, 0.05) is 18.5 Å². The summed E-state index contributed by atoms with van der Waals surface area (Å²) < 4.78 is 2.26. The molecule has 0 saturated heterocycles. The first-order valence-corrected chi connectivity index (χ1v) is 11.7. The van der Waals surface area contributed by atoms with Gasteiger partial charge in [-0.15, -0.1) is 0 Å². The second kappa shape index (κ2) is 11.1. The van der Waals surface area contributed by atoms with Crippen LogP contribution in [-0.2, 0) is 20.6 Å². The third kappa shape index (κ3) is 7.44. The van der Waals surface area contributed by atoms with Crippen LogP contribution in [0, 0.1) is 0 Å². The average molecular weight is 534 g/mol. The molecule has 0 aliphatic heterocycles. The SMILES string of the molecule is CCOc1ccc(Cc2nc(C(Cl)(Cl)Cl)cc(C(Cl)(Cl)Cl)n2)cc1CN(CC)CC. The van der Waals surface area contributed by atoms with Gasteiger partial charge in [0.15, 0.2) is 0 Å². The minimum Gasteiger partial charge on any atom is -0.494 e. The van der Waals surface area contributed by atoms with E-state index in [2.05, 4.69) is 34.8 Å². The van der Waals surface area contributed by atoms with Gasteiger partial charge >= 0.3 is 0 Å². The van der Waals surface area contributed by atoms with Crippen LogP contribution >= 0.6 is 69.6 Å². The number of hydrogen-bond acceptors (Lipinski definition) is 4. The highest BCUT2D eigenvalue weighted by atomic mass is 35.6. The van der Waals surface area contributed by atoms with Crippen LogP contribution in [0.1, 0.15) is 49.1 Å². The van der Waals surface area contributed by atoms with Gasteiger partial charge < -0.3 is 4.74 Å². The van der Waals surface area contributed by atoms with Crippen molar-refractivity contribution in [3.05, 3.63) is 52.6 Å². The summed E-state index contributed by atoms with van der Waals surface area (Å²) in [6.07, 6.45) is 0.375. The first kappa shape index (κ1) is 26.1. The van der Waals surface area contributed by atoms with E-state index >= 15 is 0 Å². The highest BCUT2D eigenvalue weighted by Gasteiger charge is 2.31. The van der Waals surface area contributed by atoms with Crippen molar-refractivity contribution in [1.82, 2.24) is 14.9 Å². The topological polar surface area (TPSA) is 38.3 Å². The Morgan fingerprint density at radius 2 is 1.43 bits per heavy atom. The van der Waals surface area contributed by atoms with Crippen LogP contribution in [-0.4, -0.2) is 34.6 Å². The first-order chi connectivity index (χ1) is 14.0. The molecule has 166 valence electrons. The molecule has 10 heteroatoms. The third-order valence-corrected chi connectivity index (χ3v) is 5.59. The van der Waals surface area contributed by atoms with E-state index in [4.69, 9.17) is 74.3 Å². The van der Waals surface area contributed by atoms with Gasteiger partial charge in [0.05, 0.1) is 18.0 Å². The number of halogens is 6. The van der Waals surface area contributed by atoms with Gasteiger partial charge in [-0.05, 0) is 37.7 Å². The number of benzene rings is 1. The summed E-state index contributed by atoms with van der Waals surface area (Å²) in [5, 5.41) is 0. The van der Waals surface area contributed by atoms with E-state index in [1.165, 1.54) is 6.07 Å². The van der Waals surface area contributed by atoms with Gasteiger partial charge in [-0.3, -0.25) is 4.90 Å². The van der Waals surface area contributed by atoms with E-state index in [-0.39, 0.29) is 11.4 Å². The highest BCUT2D eigenvalue weighted by Crippen LogP contribution is 2.42. The van der Waals surface area contributed by atoms with Gasteiger partial charge in [0.1, 0.15) is 11.6 Å². The molecule has 0 radical (unpaired) electrons. The zero-order valence-electron chi connectivity index (χ0n) is 16.9. The van der Waals surface area contributed by atoms with Gasteiger partial charge in [0.2, 0.25) is 7.59 Å². The highest BCUT2D eigenvalue weighted by molar-refractivity contribution is 6.67. The van der Waals surface area contributed by atoms with Crippen LogP contribution in [0.5, 0.6) is 5.75 Å². The van der Waals surface area contributed by atoms with Crippen molar-refractivity contribution in [3.63, 3.8) is 0 Å². The van der Waals surface area contributed by atoms with E-state index in [0.717, 1.165) is 36.5 Å². The van der Waals surface area contributed by atoms with Crippen molar-refractivity contribution in [1.29, 1.82) is 0 Å². The van der Waals surface area contributed by atoms with E-state index in [1.807, 2.05) is 19.1 Å². The van der Waals surface area contributed by atoms with Crippen LogP contribution in [0.25, 0.3) is 0 Å². The fraction of sp³-hybridized carbons (Fsp3) is 0.500. The Labute approximate surface area is 207 Å². The minimum absolute atomic E-state index is 0.146. The normalized spacial score (nSPS) is 12.5. The standard InChI is InChI=1S/C20H23Cl6N3O/c1-4-29(5-2)12-14-9-13(7-8-15(14)30-6-3)10-18-27-16(19(21,22)23)11-17(28-18)20(24,25)26/h7-9,11H,4-6,10,12H2,1-3H3. The summed E-state index contributed by atoms with van der Waals surface area (Å²) in [6, 6.07) is 7.36. The van der Waals surface area contributed by atoms with Gasteiger partial charge in [-0.1, -0.05) is 95.6 Å². The fourth-order valence-corrected chi connectivity index (χ4v) is 3.48. The van der Waals surface area contributed by atoms with Crippen LogP contribution in [0.2, 0.25) is 0 Å². The van der Waals surface area contributed by atoms with Crippen molar-refractivity contribution in [2.75, 3.05) is 19.7 Å². The summed E-state index contributed by atoms with van der Waals surface area (Å²) in [5.74, 6) is 1.24. The molecule has 0 fully saturated rings. The fourth-order valence-electron chi connectivity index (χ4n) is 2.90. The summed E-state index contributed by atoms with van der Waals surface area (Å²) in [4.78, 5) is 11.0. The lowest BCUT2D eigenvalue weighted by atomic mass is 10.1. The number of alkyl halides is 6. The molecular formula is C20H23Cl6N3O. The lowest BCUT2D eigenvalue weighted by Crippen LogP contribution is -2.22. The zero-order valence-corrected chi connectivity index (χ0v) is 21.4. The molecule has 0 unspecified atom stereocenters. The van der Waals surface area contributed by atoms with Gasteiger partial charge in [-0.25, -0.2) is 9.97 Å². The number of rotatable bonds is 8. The smallest absolute Gasteiger partial charge is 0.232 e. The largest absolute Gasteiger partial charge is 0.494 e. The molecule has 0 amide bonds. The van der Waals surface area contributed by atoms with Gasteiger partial charge in [0.25, 0.3) is 0 Å². The predicted octanol–water partition coefficient (Wildman–Crippen LogP) is 6.96. The first-order valence-electron chi connectivity index (χ1n) is 9.47. The van der Waals surface area contributed by atoms with E-state index < -0.39 is 7.59 Å². The van der Waals surface area contributed by atoms with Crippen LogP contribution in [0.15, 0.2) is 24.3 Å². The summed E-state index contributed by atoms with van der Waals surface area (Å²) in [6.45, 7) is 9.45. The molecule has 30 heavy (non-hydrogen) atoms. The Morgan fingerprint density at radius 3 is 1.90 bits per heavy atom. The lowest BCUT2D eigenvalue weighted by Gasteiger charge is -2.21. The number of nitrogens with zero attached hydrogens (tertiary/aromatic N) is 3.